The summed E-state index contributed by atoms with van der Waals surface area (Å²) in [5.41, 5.74) is 4.02. The molecule has 0 heterocycles. The Kier molecular flexibility index (Phi) is 5.91. The van der Waals surface area contributed by atoms with Gasteiger partial charge in [-0.15, -0.1) is 0 Å². The minimum Gasteiger partial charge on any atom is -0.478 e. The van der Waals surface area contributed by atoms with Gasteiger partial charge in [0.15, 0.2) is 0 Å². The van der Waals surface area contributed by atoms with Crippen LogP contribution in [0.2, 0.25) is 0 Å². The summed E-state index contributed by atoms with van der Waals surface area (Å²) in [6, 6.07) is 16.0. The van der Waals surface area contributed by atoms with Crippen LogP contribution in [0.25, 0.3) is 11.1 Å². The third-order valence-electron chi connectivity index (χ3n) is 5.63. The van der Waals surface area contributed by atoms with E-state index in [1.54, 1.807) is 12.1 Å². The molecule has 0 radical (unpaired) electrons. The van der Waals surface area contributed by atoms with Gasteiger partial charge in [0.1, 0.15) is 0 Å². The van der Waals surface area contributed by atoms with E-state index >= 15 is 0 Å². The average molecular weight is 336 g/mol. The van der Waals surface area contributed by atoms with Crippen LogP contribution in [0.3, 0.4) is 0 Å². The number of carboxylic acids is 1. The van der Waals surface area contributed by atoms with Crippen molar-refractivity contribution in [2.45, 2.75) is 57.8 Å². The fourth-order valence-corrected chi connectivity index (χ4v) is 4.16. The van der Waals surface area contributed by atoms with Gasteiger partial charge >= 0.3 is 5.97 Å². The van der Waals surface area contributed by atoms with Crippen molar-refractivity contribution < 1.29 is 9.90 Å². The normalized spacial score (nSPS) is 20.8. The smallest absolute Gasteiger partial charge is 0.335 e. The van der Waals surface area contributed by atoms with E-state index in [4.69, 9.17) is 5.11 Å². The van der Waals surface area contributed by atoms with Crippen LogP contribution in [0, 0.1) is 5.92 Å². The number of hydrogen-bond acceptors (Lipinski definition) is 1. The van der Waals surface area contributed by atoms with Crippen molar-refractivity contribution in [3.05, 3.63) is 59.7 Å². The van der Waals surface area contributed by atoms with Crippen molar-refractivity contribution in [1.82, 2.24) is 0 Å². The topological polar surface area (TPSA) is 37.3 Å². The Morgan fingerprint density at radius 2 is 1.56 bits per heavy atom. The lowest BCUT2D eigenvalue weighted by molar-refractivity contribution is 0.0697. The molecule has 0 bridgehead atoms. The Hall–Kier alpha value is -2.09. The average Bonchev–Trinajstić information content (AvgIpc) is 2.88. The zero-order valence-corrected chi connectivity index (χ0v) is 15.1. The molecule has 1 aliphatic carbocycles. The number of hydrogen-bond donors (Lipinski definition) is 1. The van der Waals surface area contributed by atoms with Gasteiger partial charge in [-0.2, -0.15) is 0 Å². The molecule has 1 saturated carbocycles. The van der Waals surface area contributed by atoms with Gasteiger partial charge in [0.05, 0.1) is 5.56 Å². The summed E-state index contributed by atoms with van der Waals surface area (Å²) in [6.45, 7) is 2.30. The van der Waals surface area contributed by atoms with E-state index in [0.29, 0.717) is 11.5 Å². The van der Waals surface area contributed by atoms with Crippen LogP contribution in [-0.4, -0.2) is 11.1 Å². The van der Waals surface area contributed by atoms with Gasteiger partial charge in [0.25, 0.3) is 0 Å². The van der Waals surface area contributed by atoms with Crippen LogP contribution in [0.15, 0.2) is 48.5 Å². The number of aromatic carboxylic acids is 1. The predicted octanol–water partition coefficient (Wildman–Crippen LogP) is 6.52. The van der Waals surface area contributed by atoms with E-state index in [0.717, 1.165) is 17.0 Å². The number of benzene rings is 2. The Balaban J connectivity index is 1.68. The van der Waals surface area contributed by atoms with Gasteiger partial charge in [-0.1, -0.05) is 69.0 Å². The minimum atomic E-state index is -0.878. The zero-order valence-electron chi connectivity index (χ0n) is 15.1. The van der Waals surface area contributed by atoms with E-state index in [-0.39, 0.29) is 0 Å². The Morgan fingerprint density at radius 1 is 0.920 bits per heavy atom. The molecule has 2 nitrogen and oxygen atoms in total. The molecule has 2 heteroatoms. The molecule has 2 aromatic rings. The number of carbonyl (C=O) groups is 1. The van der Waals surface area contributed by atoms with Crippen molar-refractivity contribution >= 4 is 5.97 Å². The zero-order chi connectivity index (χ0) is 17.6. The molecular formula is C23H28O2. The van der Waals surface area contributed by atoms with Crippen LogP contribution in [0.1, 0.15) is 73.7 Å². The highest BCUT2D eigenvalue weighted by molar-refractivity contribution is 5.88. The quantitative estimate of drug-likeness (QED) is 0.631. The first kappa shape index (κ1) is 17.7. The van der Waals surface area contributed by atoms with Gasteiger partial charge in [0.2, 0.25) is 0 Å². The maximum atomic E-state index is 11.0. The Morgan fingerprint density at radius 3 is 2.16 bits per heavy atom. The van der Waals surface area contributed by atoms with Crippen LogP contribution in [0.5, 0.6) is 0 Å². The first-order valence-corrected chi connectivity index (χ1v) is 9.61. The molecule has 1 N–H and O–H groups in total. The van der Waals surface area contributed by atoms with Crippen LogP contribution in [0.4, 0.5) is 0 Å². The standard InChI is InChI=1S/C23H28O2/c1-2-4-17-5-3-6-18(8-7-17)19-9-11-20(12-10-19)21-13-15-22(16-14-21)23(24)25/h9-18H,2-8H2,1H3,(H,24,25)/t17-,18+/m0/s1. The van der Waals surface area contributed by atoms with E-state index < -0.39 is 5.97 Å². The molecule has 0 spiro atoms. The minimum absolute atomic E-state index is 0.334. The van der Waals surface area contributed by atoms with Crippen LogP contribution < -0.4 is 0 Å². The maximum absolute atomic E-state index is 11.0. The highest BCUT2D eigenvalue weighted by Crippen LogP contribution is 2.36. The molecule has 0 saturated heterocycles. The molecule has 0 aromatic heterocycles. The van der Waals surface area contributed by atoms with Gasteiger partial charge in [-0.3, -0.25) is 0 Å². The third kappa shape index (κ3) is 4.50. The third-order valence-corrected chi connectivity index (χ3v) is 5.63. The fraction of sp³-hybridized carbons (Fsp3) is 0.435. The van der Waals surface area contributed by atoms with Gasteiger partial charge < -0.3 is 5.11 Å². The monoisotopic (exact) mass is 336 g/mol. The maximum Gasteiger partial charge on any atom is 0.335 e. The SMILES string of the molecule is CCC[C@H]1CCC[C@@H](c2ccc(-c3ccc(C(=O)O)cc3)cc2)CC1. The van der Waals surface area contributed by atoms with Crippen molar-refractivity contribution in [3.8, 4) is 11.1 Å². The summed E-state index contributed by atoms with van der Waals surface area (Å²) in [7, 11) is 0. The molecule has 132 valence electrons. The molecule has 3 rings (SSSR count). The Labute approximate surface area is 150 Å². The lowest BCUT2D eigenvalue weighted by Crippen LogP contribution is -1.99. The molecule has 2 atom stereocenters. The van der Waals surface area contributed by atoms with Crippen LogP contribution in [-0.2, 0) is 0 Å². The van der Waals surface area contributed by atoms with Crippen molar-refractivity contribution in [2.75, 3.05) is 0 Å². The molecule has 2 aromatic carbocycles. The second-order valence-corrected chi connectivity index (χ2v) is 7.36. The molecule has 0 amide bonds. The van der Waals surface area contributed by atoms with E-state index in [1.807, 2.05) is 12.1 Å². The van der Waals surface area contributed by atoms with E-state index in [9.17, 15) is 4.79 Å². The summed E-state index contributed by atoms with van der Waals surface area (Å²) in [4.78, 5) is 11.0. The van der Waals surface area contributed by atoms with Crippen molar-refractivity contribution in [3.63, 3.8) is 0 Å². The summed E-state index contributed by atoms with van der Waals surface area (Å²) in [6.07, 6.45) is 9.45. The molecule has 1 fully saturated rings. The molecule has 0 aliphatic heterocycles. The molecule has 1 aliphatic rings. The lowest BCUT2D eigenvalue weighted by Gasteiger charge is -2.16. The summed E-state index contributed by atoms with van der Waals surface area (Å²) in [5, 5.41) is 9.00. The van der Waals surface area contributed by atoms with Gasteiger partial charge in [-0.25, -0.2) is 4.79 Å². The number of rotatable bonds is 5. The highest BCUT2D eigenvalue weighted by atomic mass is 16.4. The molecular weight excluding hydrogens is 308 g/mol. The lowest BCUT2D eigenvalue weighted by atomic mass is 9.89. The van der Waals surface area contributed by atoms with Crippen molar-refractivity contribution in [2.24, 2.45) is 5.92 Å². The number of carboxylic acid groups (broad SMARTS) is 1. The van der Waals surface area contributed by atoms with E-state index in [2.05, 4.69) is 31.2 Å². The first-order chi connectivity index (χ1) is 12.2. The fourth-order valence-electron chi connectivity index (χ4n) is 4.16. The predicted molar refractivity (Wildman–Crippen MR) is 103 cm³/mol. The summed E-state index contributed by atoms with van der Waals surface area (Å²) >= 11 is 0. The molecule has 0 unspecified atom stereocenters. The van der Waals surface area contributed by atoms with Gasteiger partial charge in [0, 0.05) is 0 Å². The van der Waals surface area contributed by atoms with E-state index in [1.165, 1.54) is 50.5 Å². The highest BCUT2D eigenvalue weighted by Gasteiger charge is 2.19. The largest absolute Gasteiger partial charge is 0.478 e. The molecule has 25 heavy (non-hydrogen) atoms. The second-order valence-electron chi connectivity index (χ2n) is 7.36. The second kappa shape index (κ2) is 8.33. The first-order valence-electron chi connectivity index (χ1n) is 9.61. The van der Waals surface area contributed by atoms with Crippen LogP contribution >= 0.6 is 0 Å². The van der Waals surface area contributed by atoms with Gasteiger partial charge in [-0.05, 0) is 59.9 Å². The van der Waals surface area contributed by atoms with Crippen molar-refractivity contribution in [1.29, 1.82) is 0 Å². The summed E-state index contributed by atoms with van der Waals surface area (Å²) in [5.74, 6) is 0.754. The Bertz CT molecular complexity index is 685. The summed E-state index contributed by atoms with van der Waals surface area (Å²) < 4.78 is 0.